The SMILES string of the molecule is COc1ccc(OC2CCCN(C(=O)c3cccnc3OC)C2)nn1. The summed E-state index contributed by atoms with van der Waals surface area (Å²) in [7, 11) is 3.03. The topological polar surface area (TPSA) is 86.7 Å². The summed E-state index contributed by atoms with van der Waals surface area (Å²) in [5.74, 6) is 1.06. The summed E-state index contributed by atoms with van der Waals surface area (Å²) in [5, 5.41) is 7.85. The van der Waals surface area contributed by atoms with Gasteiger partial charge in [-0.1, -0.05) is 0 Å². The van der Waals surface area contributed by atoms with Crippen LogP contribution in [-0.2, 0) is 0 Å². The zero-order valence-electron chi connectivity index (χ0n) is 14.2. The second-order valence-electron chi connectivity index (χ2n) is 5.61. The van der Waals surface area contributed by atoms with E-state index in [2.05, 4.69) is 15.2 Å². The number of likely N-dealkylation sites (tertiary alicyclic amines) is 1. The number of amides is 1. The highest BCUT2D eigenvalue weighted by Crippen LogP contribution is 2.21. The third-order valence-corrected chi connectivity index (χ3v) is 3.97. The Hall–Kier alpha value is -2.90. The molecule has 0 radical (unpaired) electrons. The fraction of sp³-hybridized carbons (Fsp3) is 0.412. The molecule has 0 aliphatic carbocycles. The molecule has 1 saturated heterocycles. The van der Waals surface area contributed by atoms with Crippen LogP contribution in [0.2, 0.25) is 0 Å². The number of hydrogen-bond donors (Lipinski definition) is 0. The van der Waals surface area contributed by atoms with Gasteiger partial charge in [-0.15, -0.1) is 10.2 Å². The first-order valence-electron chi connectivity index (χ1n) is 8.04. The number of pyridine rings is 1. The normalized spacial score (nSPS) is 17.0. The number of carbonyl (C=O) groups excluding carboxylic acids is 1. The number of ether oxygens (including phenoxy) is 3. The second kappa shape index (κ2) is 7.78. The van der Waals surface area contributed by atoms with Crippen molar-refractivity contribution in [3.8, 4) is 17.6 Å². The second-order valence-corrected chi connectivity index (χ2v) is 5.61. The molecule has 3 rings (SSSR count). The van der Waals surface area contributed by atoms with Crippen LogP contribution in [0.15, 0.2) is 30.5 Å². The fourth-order valence-electron chi connectivity index (χ4n) is 2.76. The van der Waals surface area contributed by atoms with Crippen LogP contribution in [0.4, 0.5) is 0 Å². The molecule has 25 heavy (non-hydrogen) atoms. The Morgan fingerprint density at radius 2 is 1.96 bits per heavy atom. The van der Waals surface area contributed by atoms with Crippen LogP contribution in [0, 0.1) is 0 Å². The number of piperidine rings is 1. The van der Waals surface area contributed by atoms with Gasteiger partial charge in [0.25, 0.3) is 5.91 Å². The summed E-state index contributed by atoms with van der Waals surface area (Å²) in [6, 6.07) is 6.83. The Kier molecular flexibility index (Phi) is 5.27. The van der Waals surface area contributed by atoms with Crippen molar-refractivity contribution in [3.63, 3.8) is 0 Å². The standard InChI is InChI=1S/C17H20N4O4/c1-23-14-7-8-15(20-19-14)25-12-5-4-10-21(11-12)17(22)13-6-3-9-18-16(13)24-2/h3,6-9,12H,4-5,10-11H2,1-2H3. The summed E-state index contributed by atoms with van der Waals surface area (Å²) in [6.45, 7) is 1.15. The lowest BCUT2D eigenvalue weighted by Gasteiger charge is -2.32. The third-order valence-electron chi connectivity index (χ3n) is 3.97. The third kappa shape index (κ3) is 3.96. The maximum absolute atomic E-state index is 12.8. The van der Waals surface area contributed by atoms with E-state index in [4.69, 9.17) is 14.2 Å². The summed E-state index contributed by atoms with van der Waals surface area (Å²) in [4.78, 5) is 18.6. The van der Waals surface area contributed by atoms with E-state index in [0.29, 0.717) is 36.3 Å². The molecule has 3 heterocycles. The molecule has 0 bridgehead atoms. The predicted octanol–water partition coefficient (Wildman–Crippen LogP) is 1.57. The van der Waals surface area contributed by atoms with Crippen molar-refractivity contribution in [1.29, 1.82) is 0 Å². The summed E-state index contributed by atoms with van der Waals surface area (Å²) >= 11 is 0. The first-order valence-corrected chi connectivity index (χ1v) is 8.04. The first-order chi connectivity index (χ1) is 12.2. The highest BCUT2D eigenvalue weighted by molar-refractivity contribution is 5.96. The molecule has 1 atom stereocenters. The Balaban J connectivity index is 1.66. The lowest BCUT2D eigenvalue weighted by Crippen LogP contribution is -2.44. The van der Waals surface area contributed by atoms with Crippen LogP contribution in [0.25, 0.3) is 0 Å². The molecule has 0 spiro atoms. The van der Waals surface area contributed by atoms with Crippen molar-refractivity contribution in [3.05, 3.63) is 36.0 Å². The van der Waals surface area contributed by atoms with Gasteiger partial charge in [0, 0.05) is 24.9 Å². The van der Waals surface area contributed by atoms with Gasteiger partial charge in [-0.05, 0) is 25.0 Å². The van der Waals surface area contributed by atoms with Crippen molar-refractivity contribution in [2.24, 2.45) is 0 Å². The summed E-state index contributed by atoms with van der Waals surface area (Å²) < 4.78 is 16.0. The van der Waals surface area contributed by atoms with Gasteiger partial charge in [-0.2, -0.15) is 0 Å². The Morgan fingerprint density at radius 1 is 1.16 bits per heavy atom. The van der Waals surface area contributed by atoms with E-state index in [1.165, 1.54) is 14.2 Å². The molecule has 0 saturated carbocycles. The zero-order valence-corrected chi connectivity index (χ0v) is 14.2. The highest BCUT2D eigenvalue weighted by atomic mass is 16.5. The minimum atomic E-state index is -0.136. The van der Waals surface area contributed by atoms with E-state index in [-0.39, 0.29) is 12.0 Å². The molecule has 1 unspecified atom stereocenters. The lowest BCUT2D eigenvalue weighted by atomic mass is 10.1. The highest BCUT2D eigenvalue weighted by Gasteiger charge is 2.27. The molecular formula is C17H20N4O4. The van der Waals surface area contributed by atoms with Gasteiger partial charge < -0.3 is 19.1 Å². The smallest absolute Gasteiger partial charge is 0.259 e. The van der Waals surface area contributed by atoms with Crippen LogP contribution < -0.4 is 14.2 Å². The van der Waals surface area contributed by atoms with Gasteiger partial charge in [0.1, 0.15) is 11.7 Å². The zero-order chi connectivity index (χ0) is 17.6. The van der Waals surface area contributed by atoms with E-state index in [0.717, 1.165) is 12.8 Å². The van der Waals surface area contributed by atoms with Crippen LogP contribution >= 0.6 is 0 Å². The van der Waals surface area contributed by atoms with Crippen molar-refractivity contribution in [2.45, 2.75) is 18.9 Å². The average Bonchev–Trinajstić information content (AvgIpc) is 2.68. The number of aromatic nitrogens is 3. The molecule has 2 aromatic heterocycles. The molecule has 1 fully saturated rings. The van der Waals surface area contributed by atoms with Crippen molar-refractivity contribution < 1.29 is 19.0 Å². The van der Waals surface area contributed by atoms with E-state index >= 15 is 0 Å². The first kappa shape index (κ1) is 16.9. The fourth-order valence-corrected chi connectivity index (χ4v) is 2.76. The molecule has 0 N–H and O–H groups in total. The van der Waals surface area contributed by atoms with Crippen molar-refractivity contribution in [2.75, 3.05) is 27.3 Å². The number of carbonyl (C=O) groups is 1. The molecule has 1 amide bonds. The molecule has 1 aliphatic rings. The number of methoxy groups -OCH3 is 2. The summed E-state index contributed by atoms with van der Waals surface area (Å²) in [6.07, 6.45) is 3.16. The van der Waals surface area contributed by atoms with Gasteiger partial charge in [-0.3, -0.25) is 4.79 Å². The Bertz CT molecular complexity index is 723. The van der Waals surface area contributed by atoms with Gasteiger partial charge in [0.15, 0.2) is 0 Å². The van der Waals surface area contributed by atoms with E-state index in [1.807, 2.05) is 0 Å². The molecule has 132 valence electrons. The predicted molar refractivity (Wildman–Crippen MR) is 88.9 cm³/mol. The van der Waals surface area contributed by atoms with Gasteiger partial charge >= 0.3 is 0 Å². The quantitative estimate of drug-likeness (QED) is 0.813. The Labute approximate surface area is 145 Å². The molecule has 2 aromatic rings. The molecule has 1 aliphatic heterocycles. The minimum Gasteiger partial charge on any atom is -0.480 e. The van der Waals surface area contributed by atoms with Crippen molar-refractivity contribution >= 4 is 5.91 Å². The number of nitrogens with zero attached hydrogens (tertiary/aromatic N) is 4. The van der Waals surface area contributed by atoms with Crippen LogP contribution in [0.5, 0.6) is 17.6 Å². The molecule has 0 aromatic carbocycles. The van der Waals surface area contributed by atoms with Crippen LogP contribution in [0.3, 0.4) is 0 Å². The van der Waals surface area contributed by atoms with Gasteiger partial charge in [0.05, 0.1) is 20.8 Å². The molecular weight excluding hydrogens is 324 g/mol. The average molecular weight is 344 g/mol. The largest absolute Gasteiger partial charge is 0.480 e. The summed E-state index contributed by atoms with van der Waals surface area (Å²) in [5.41, 5.74) is 0.454. The minimum absolute atomic E-state index is 0.112. The molecule has 8 nitrogen and oxygen atoms in total. The monoisotopic (exact) mass is 344 g/mol. The molecule has 8 heteroatoms. The van der Waals surface area contributed by atoms with E-state index in [9.17, 15) is 4.79 Å². The van der Waals surface area contributed by atoms with E-state index in [1.54, 1.807) is 35.4 Å². The lowest BCUT2D eigenvalue weighted by molar-refractivity contribution is 0.0521. The Morgan fingerprint density at radius 3 is 2.68 bits per heavy atom. The van der Waals surface area contributed by atoms with Gasteiger partial charge in [0.2, 0.25) is 17.6 Å². The maximum Gasteiger partial charge on any atom is 0.259 e. The van der Waals surface area contributed by atoms with Gasteiger partial charge in [-0.25, -0.2) is 4.98 Å². The van der Waals surface area contributed by atoms with Crippen LogP contribution in [-0.4, -0.2) is 59.4 Å². The number of rotatable bonds is 5. The number of hydrogen-bond acceptors (Lipinski definition) is 7. The van der Waals surface area contributed by atoms with E-state index < -0.39 is 0 Å². The van der Waals surface area contributed by atoms with Crippen LogP contribution in [0.1, 0.15) is 23.2 Å². The maximum atomic E-state index is 12.8. The van der Waals surface area contributed by atoms with Crippen molar-refractivity contribution in [1.82, 2.24) is 20.1 Å².